The van der Waals surface area contributed by atoms with Gasteiger partial charge in [0.05, 0.1) is 7.11 Å². The van der Waals surface area contributed by atoms with Crippen LogP contribution in [0.4, 0.5) is 19.4 Å². The molecule has 0 spiro atoms. The number of ether oxygens (including phenoxy) is 1. The molecule has 0 bridgehead atoms. The van der Waals surface area contributed by atoms with Crippen LogP contribution in [0, 0.1) is 0 Å². The first kappa shape index (κ1) is 10.5. The van der Waals surface area contributed by atoms with Crippen molar-refractivity contribution in [2.24, 2.45) is 0 Å². The van der Waals surface area contributed by atoms with Crippen molar-refractivity contribution in [1.29, 1.82) is 0 Å². The summed E-state index contributed by atoms with van der Waals surface area (Å²) in [5.41, 5.74) is 0. The Labute approximate surface area is 59.0 Å². The molecule has 0 N–H and O–H groups in total. The number of halogens is 5. The third-order valence-electron chi connectivity index (χ3n) is 0.618. The minimum atomic E-state index is -9.60. The first-order valence-electron chi connectivity index (χ1n) is 2.23. The maximum atomic E-state index is 11.4. The largest absolute Gasteiger partial charge is 0.468 e. The van der Waals surface area contributed by atoms with Crippen LogP contribution in [-0.2, 0) is 9.53 Å². The number of hydrogen-bond acceptors (Lipinski definition) is 2. The van der Waals surface area contributed by atoms with E-state index in [1.807, 2.05) is 0 Å². The van der Waals surface area contributed by atoms with Gasteiger partial charge in [0.15, 0.2) is 5.75 Å². The van der Waals surface area contributed by atoms with Gasteiger partial charge in [0.25, 0.3) is 10.2 Å². The quantitative estimate of drug-likeness (QED) is 0.505. The molecule has 0 aromatic carbocycles. The third kappa shape index (κ3) is 7.37. The topological polar surface area (TPSA) is 26.3 Å². The van der Waals surface area contributed by atoms with Crippen LogP contribution in [0.2, 0.25) is 0 Å². The molecule has 0 saturated heterocycles. The first-order valence-corrected chi connectivity index (χ1v) is 4.35. The molecule has 0 atom stereocenters. The van der Waals surface area contributed by atoms with Gasteiger partial charge in [0.2, 0.25) is 0 Å². The Morgan fingerprint density at radius 1 is 1.27 bits per heavy atom. The monoisotopic (exact) mass is 200 g/mol. The van der Waals surface area contributed by atoms with E-state index < -0.39 is 21.9 Å². The summed E-state index contributed by atoms with van der Waals surface area (Å²) in [5, 5.41) is 0. The minimum absolute atomic E-state index is 0.603. The molecule has 11 heavy (non-hydrogen) atoms. The SMILES string of the molecule is COC(=O)CS(F)(F)(F)(F)F. The van der Waals surface area contributed by atoms with E-state index in [1.54, 1.807) is 0 Å². The van der Waals surface area contributed by atoms with Gasteiger partial charge < -0.3 is 4.74 Å². The molecule has 0 heterocycles. The lowest BCUT2D eigenvalue weighted by Crippen LogP contribution is -2.20. The fourth-order valence-electron chi connectivity index (χ4n) is 0.282. The van der Waals surface area contributed by atoms with Gasteiger partial charge in [-0.25, -0.2) is 0 Å². The van der Waals surface area contributed by atoms with E-state index in [0.717, 1.165) is 0 Å². The van der Waals surface area contributed by atoms with Gasteiger partial charge >= 0.3 is 5.97 Å². The molecule has 0 rings (SSSR count). The molecular formula is C3H5F5O2S. The number of hydrogen-bond donors (Lipinski definition) is 0. The van der Waals surface area contributed by atoms with Crippen molar-refractivity contribution in [3.05, 3.63) is 0 Å². The summed E-state index contributed by atoms with van der Waals surface area (Å²) < 4.78 is 60.2. The molecule has 0 saturated carbocycles. The van der Waals surface area contributed by atoms with Gasteiger partial charge in [0, 0.05) is 0 Å². The average Bonchev–Trinajstić information content (AvgIpc) is 1.57. The van der Waals surface area contributed by atoms with Crippen LogP contribution >= 0.6 is 10.2 Å². The summed E-state index contributed by atoms with van der Waals surface area (Å²) in [7, 11) is -9.00. The van der Waals surface area contributed by atoms with Gasteiger partial charge in [0.1, 0.15) is 0 Å². The van der Waals surface area contributed by atoms with Gasteiger partial charge in [-0.2, -0.15) is 0 Å². The lowest BCUT2D eigenvalue weighted by molar-refractivity contribution is -0.137. The number of carbonyl (C=O) groups excluding carboxylic acids is 1. The highest BCUT2D eigenvalue weighted by Crippen LogP contribution is 2.97. The molecule has 0 amide bonds. The maximum absolute atomic E-state index is 11.4. The van der Waals surface area contributed by atoms with Crippen LogP contribution in [0.25, 0.3) is 0 Å². The highest BCUT2D eigenvalue weighted by atomic mass is 32.5. The minimum Gasteiger partial charge on any atom is -0.468 e. The maximum Gasteiger partial charge on any atom is 0.324 e. The number of carbonyl (C=O) groups is 1. The molecule has 0 aliphatic carbocycles. The zero-order chi connectivity index (χ0) is 9.40. The van der Waals surface area contributed by atoms with Crippen LogP contribution in [0.15, 0.2) is 0 Å². The van der Waals surface area contributed by atoms with Crippen LogP contribution in [0.3, 0.4) is 0 Å². The molecule has 0 aliphatic heterocycles. The standard InChI is InChI=1S/C3H5F5O2S/c1-10-3(9)2-11(4,5,6,7)8/h2H2,1H3. The van der Waals surface area contributed by atoms with Crippen LogP contribution in [0.5, 0.6) is 0 Å². The highest BCUT2D eigenvalue weighted by molar-refractivity contribution is 8.46. The molecule has 0 aromatic heterocycles. The van der Waals surface area contributed by atoms with E-state index in [1.165, 1.54) is 0 Å². The van der Waals surface area contributed by atoms with Crippen molar-refractivity contribution in [2.75, 3.05) is 12.9 Å². The smallest absolute Gasteiger partial charge is 0.324 e. The molecule has 0 fully saturated rings. The fourth-order valence-corrected chi connectivity index (χ4v) is 0.845. The molecular weight excluding hydrogens is 195 g/mol. The van der Waals surface area contributed by atoms with E-state index >= 15 is 0 Å². The molecule has 70 valence electrons. The number of esters is 1. The van der Waals surface area contributed by atoms with Crippen molar-refractivity contribution >= 4 is 16.2 Å². The van der Waals surface area contributed by atoms with E-state index in [4.69, 9.17) is 0 Å². The Balaban J connectivity index is 4.51. The fraction of sp³-hybridized carbons (Fsp3) is 0.667. The van der Waals surface area contributed by atoms with Crippen molar-refractivity contribution in [1.82, 2.24) is 0 Å². The number of rotatable bonds is 2. The second kappa shape index (κ2) is 1.79. The summed E-state index contributed by atoms with van der Waals surface area (Å²) in [5.74, 6) is -4.78. The Morgan fingerprint density at radius 3 is 1.73 bits per heavy atom. The summed E-state index contributed by atoms with van der Waals surface area (Å²) in [6.07, 6.45) is 0. The van der Waals surface area contributed by atoms with Crippen molar-refractivity contribution in [3.63, 3.8) is 0 Å². The van der Waals surface area contributed by atoms with Crippen molar-refractivity contribution in [2.45, 2.75) is 0 Å². The van der Waals surface area contributed by atoms with Crippen LogP contribution < -0.4 is 0 Å². The van der Waals surface area contributed by atoms with E-state index in [-0.39, 0.29) is 0 Å². The first-order chi connectivity index (χ1) is 4.43. The Morgan fingerprint density at radius 2 is 1.64 bits per heavy atom. The molecule has 8 heteroatoms. The lowest BCUT2D eigenvalue weighted by Gasteiger charge is -2.38. The second-order valence-corrected chi connectivity index (χ2v) is 4.40. The predicted molar refractivity (Wildman–Crippen MR) is 30.0 cm³/mol. The zero-order valence-electron chi connectivity index (χ0n) is 5.32. The van der Waals surface area contributed by atoms with Crippen LogP contribution in [0.1, 0.15) is 0 Å². The van der Waals surface area contributed by atoms with Crippen molar-refractivity contribution < 1.29 is 29.0 Å². The third-order valence-corrected chi connectivity index (χ3v) is 1.40. The Bertz CT molecular complexity index is 179. The summed E-state index contributed by atoms with van der Waals surface area (Å²) in [4.78, 5) is 9.85. The van der Waals surface area contributed by atoms with Crippen LogP contribution in [-0.4, -0.2) is 18.8 Å². The van der Waals surface area contributed by atoms with Gasteiger partial charge in [-0.3, -0.25) is 4.79 Å². The summed E-state index contributed by atoms with van der Waals surface area (Å²) >= 11 is 0. The normalized spacial score (nSPS) is 18.4. The Hall–Kier alpha value is -0.530. The second-order valence-electron chi connectivity index (χ2n) is 1.85. The number of methoxy groups -OCH3 is 1. The lowest BCUT2D eigenvalue weighted by atomic mass is 10.8. The zero-order valence-corrected chi connectivity index (χ0v) is 6.14. The molecule has 2 nitrogen and oxygen atoms in total. The van der Waals surface area contributed by atoms with E-state index in [0.29, 0.717) is 7.11 Å². The van der Waals surface area contributed by atoms with Gasteiger partial charge in [-0.1, -0.05) is 19.4 Å². The van der Waals surface area contributed by atoms with E-state index in [9.17, 15) is 24.2 Å². The molecule has 0 aromatic rings. The molecule has 0 radical (unpaired) electrons. The Kier molecular flexibility index (Phi) is 1.71. The van der Waals surface area contributed by atoms with Gasteiger partial charge in [-0.05, 0) is 0 Å². The predicted octanol–water partition coefficient (Wildman–Crippen LogP) is 2.46. The molecule has 0 unspecified atom stereocenters. The summed E-state index contributed by atoms with van der Waals surface area (Å²) in [6.45, 7) is 0. The summed E-state index contributed by atoms with van der Waals surface area (Å²) in [6, 6.07) is 0. The van der Waals surface area contributed by atoms with Gasteiger partial charge in [-0.15, -0.1) is 0 Å². The molecule has 0 aliphatic rings. The average molecular weight is 200 g/mol. The van der Waals surface area contributed by atoms with E-state index in [2.05, 4.69) is 4.74 Å². The highest BCUT2D eigenvalue weighted by Gasteiger charge is 2.65. The van der Waals surface area contributed by atoms with Crippen molar-refractivity contribution in [3.8, 4) is 0 Å².